The number of hydrogen-bond donors (Lipinski definition) is 2. The van der Waals surface area contributed by atoms with E-state index in [-0.39, 0.29) is 12.1 Å². The lowest BCUT2D eigenvalue weighted by Crippen LogP contribution is -2.47. The second-order valence-corrected chi connectivity index (χ2v) is 5.65. The molecule has 0 fully saturated rings. The first kappa shape index (κ1) is 15.2. The lowest BCUT2D eigenvalue weighted by atomic mass is 9.94. The molecule has 1 aromatic rings. The Hall–Kier alpha value is -0.870. The smallest absolute Gasteiger partial charge is 0.111 e. The molecule has 0 saturated carbocycles. The average molecular weight is 253 g/mol. The highest BCUT2D eigenvalue weighted by Gasteiger charge is 2.26. The third kappa shape index (κ3) is 3.56. The quantitative estimate of drug-likeness (QED) is 0.784. The summed E-state index contributed by atoms with van der Waals surface area (Å²) < 4.78 is 2.22. The van der Waals surface area contributed by atoms with E-state index in [0.29, 0.717) is 12.0 Å². The number of nitrogens with zero attached hydrogens (tertiary/aromatic N) is 2. The second kappa shape index (κ2) is 6.34. The van der Waals surface area contributed by atoms with Gasteiger partial charge in [0.05, 0.1) is 6.61 Å². The van der Waals surface area contributed by atoms with Gasteiger partial charge in [0.1, 0.15) is 5.82 Å². The van der Waals surface area contributed by atoms with Crippen LogP contribution in [0.3, 0.4) is 0 Å². The fraction of sp³-hybridized carbons (Fsp3) is 0.786. The van der Waals surface area contributed by atoms with Gasteiger partial charge in [-0.1, -0.05) is 20.8 Å². The summed E-state index contributed by atoms with van der Waals surface area (Å²) in [6.45, 7) is 11.6. The number of likely N-dealkylation sites (N-methyl/N-ethyl adjacent to an activating group) is 1. The summed E-state index contributed by atoms with van der Waals surface area (Å²) in [4.78, 5) is 4.42. The molecule has 0 amide bonds. The predicted octanol–water partition coefficient (Wildman–Crippen LogP) is 2.32. The normalized spacial score (nSPS) is 16.8. The Morgan fingerprint density at radius 1 is 1.44 bits per heavy atom. The average Bonchev–Trinajstić information content (AvgIpc) is 2.78. The minimum absolute atomic E-state index is 0.150. The van der Waals surface area contributed by atoms with E-state index >= 15 is 0 Å². The third-order valence-electron chi connectivity index (χ3n) is 3.39. The molecule has 104 valence electrons. The summed E-state index contributed by atoms with van der Waals surface area (Å²) in [5.74, 6) is 1.53. The molecule has 0 aliphatic heterocycles. The molecule has 0 aliphatic rings. The zero-order valence-corrected chi connectivity index (χ0v) is 12.3. The van der Waals surface area contributed by atoms with Crippen molar-refractivity contribution in [1.29, 1.82) is 0 Å². The van der Waals surface area contributed by atoms with Gasteiger partial charge in [0.25, 0.3) is 0 Å². The summed E-state index contributed by atoms with van der Waals surface area (Å²) in [5.41, 5.74) is -0.229. The van der Waals surface area contributed by atoms with Crippen molar-refractivity contribution in [3.8, 4) is 0 Å². The monoisotopic (exact) mass is 253 g/mol. The van der Waals surface area contributed by atoms with Crippen LogP contribution in [0.25, 0.3) is 0 Å². The molecular weight excluding hydrogens is 226 g/mol. The molecule has 18 heavy (non-hydrogen) atoms. The van der Waals surface area contributed by atoms with E-state index in [9.17, 15) is 5.11 Å². The topological polar surface area (TPSA) is 50.1 Å². The number of aliphatic hydroxyl groups is 1. The van der Waals surface area contributed by atoms with Crippen LogP contribution in [0.5, 0.6) is 0 Å². The van der Waals surface area contributed by atoms with Gasteiger partial charge in [-0.3, -0.25) is 0 Å². The molecule has 0 bridgehead atoms. The SMILES string of the molecule is CCNC(C)(CO)CC(C)n1ccnc1C(C)C. The zero-order chi connectivity index (χ0) is 13.8. The number of hydrogen-bond acceptors (Lipinski definition) is 3. The minimum Gasteiger partial charge on any atom is -0.394 e. The van der Waals surface area contributed by atoms with E-state index in [0.717, 1.165) is 18.8 Å². The molecule has 0 spiro atoms. The van der Waals surface area contributed by atoms with Crippen molar-refractivity contribution in [1.82, 2.24) is 14.9 Å². The van der Waals surface area contributed by atoms with Gasteiger partial charge in [0.2, 0.25) is 0 Å². The molecule has 4 heteroatoms. The van der Waals surface area contributed by atoms with Gasteiger partial charge in [-0.15, -0.1) is 0 Å². The maximum Gasteiger partial charge on any atom is 0.111 e. The molecular formula is C14H27N3O. The molecule has 2 atom stereocenters. The first-order valence-corrected chi connectivity index (χ1v) is 6.82. The lowest BCUT2D eigenvalue weighted by Gasteiger charge is -2.32. The standard InChI is InChI=1S/C14H27N3O/c1-6-16-14(5,10-18)9-12(4)17-8-7-15-13(17)11(2)3/h7-8,11-12,16,18H,6,9-10H2,1-5H3. The van der Waals surface area contributed by atoms with Crippen LogP contribution in [0.15, 0.2) is 12.4 Å². The number of nitrogens with one attached hydrogen (secondary N) is 1. The Morgan fingerprint density at radius 3 is 2.61 bits per heavy atom. The van der Waals surface area contributed by atoms with Crippen molar-refractivity contribution in [2.75, 3.05) is 13.2 Å². The minimum atomic E-state index is -0.229. The first-order valence-electron chi connectivity index (χ1n) is 6.82. The molecule has 2 N–H and O–H groups in total. The molecule has 0 aliphatic carbocycles. The van der Waals surface area contributed by atoms with Crippen molar-refractivity contribution in [3.05, 3.63) is 18.2 Å². The van der Waals surface area contributed by atoms with E-state index < -0.39 is 0 Å². The van der Waals surface area contributed by atoms with Crippen molar-refractivity contribution in [2.45, 2.75) is 58.5 Å². The highest BCUT2D eigenvalue weighted by Crippen LogP contribution is 2.24. The Balaban J connectivity index is 2.80. The number of imidazole rings is 1. The maximum atomic E-state index is 9.55. The van der Waals surface area contributed by atoms with Gasteiger partial charge in [0, 0.05) is 29.9 Å². The summed E-state index contributed by atoms with van der Waals surface area (Å²) >= 11 is 0. The number of aromatic nitrogens is 2. The van der Waals surface area contributed by atoms with Crippen LogP contribution in [0.2, 0.25) is 0 Å². The van der Waals surface area contributed by atoms with Crippen LogP contribution in [-0.2, 0) is 0 Å². The third-order valence-corrected chi connectivity index (χ3v) is 3.39. The molecule has 0 aromatic carbocycles. The maximum absolute atomic E-state index is 9.55. The molecule has 0 radical (unpaired) electrons. The predicted molar refractivity (Wildman–Crippen MR) is 74.8 cm³/mol. The molecule has 4 nitrogen and oxygen atoms in total. The number of aliphatic hydroxyl groups excluding tert-OH is 1. The van der Waals surface area contributed by atoms with Gasteiger partial charge in [0.15, 0.2) is 0 Å². The number of rotatable bonds is 7. The zero-order valence-electron chi connectivity index (χ0n) is 12.3. The van der Waals surface area contributed by atoms with Crippen LogP contribution in [0, 0.1) is 0 Å². The first-order chi connectivity index (χ1) is 8.43. The molecule has 0 saturated heterocycles. The lowest BCUT2D eigenvalue weighted by molar-refractivity contribution is 0.152. The van der Waals surface area contributed by atoms with Crippen molar-refractivity contribution < 1.29 is 5.11 Å². The summed E-state index contributed by atoms with van der Waals surface area (Å²) in [6.07, 6.45) is 4.77. The van der Waals surface area contributed by atoms with E-state index in [1.165, 1.54) is 0 Å². The van der Waals surface area contributed by atoms with Crippen LogP contribution in [0.4, 0.5) is 0 Å². The Bertz CT molecular complexity index is 362. The summed E-state index contributed by atoms with van der Waals surface area (Å²) in [7, 11) is 0. The van der Waals surface area contributed by atoms with Gasteiger partial charge in [-0.05, 0) is 26.8 Å². The van der Waals surface area contributed by atoms with Crippen molar-refractivity contribution in [2.24, 2.45) is 0 Å². The highest BCUT2D eigenvalue weighted by molar-refractivity contribution is 5.00. The molecule has 1 heterocycles. The van der Waals surface area contributed by atoms with Gasteiger partial charge >= 0.3 is 0 Å². The van der Waals surface area contributed by atoms with E-state index in [1.54, 1.807) is 0 Å². The highest BCUT2D eigenvalue weighted by atomic mass is 16.3. The fourth-order valence-corrected chi connectivity index (χ4v) is 2.51. The van der Waals surface area contributed by atoms with E-state index in [2.05, 4.69) is 49.5 Å². The molecule has 1 aromatic heterocycles. The summed E-state index contributed by atoms with van der Waals surface area (Å²) in [5, 5.41) is 12.9. The van der Waals surface area contributed by atoms with Crippen LogP contribution in [-0.4, -0.2) is 33.3 Å². The van der Waals surface area contributed by atoms with Crippen molar-refractivity contribution in [3.63, 3.8) is 0 Å². The second-order valence-electron chi connectivity index (χ2n) is 5.65. The molecule has 1 rings (SSSR count). The fourth-order valence-electron chi connectivity index (χ4n) is 2.51. The Morgan fingerprint density at radius 2 is 2.11 bits per heavy atom. The van der Waals surface area contributed by atoms with E-state index in [1.807, 2.05) is 12.4 Å². The van der Waals surface area contributed by atoms with Gasteiger partial charge in [-0.25, -0.2) is 4.98 Å². The van der Waals surface area contributed by atoms with Crippen LogP contribution >= 0.6 is 0 Å². The molecule has 2 unspecified atom stereocenters. The van der Waals surface area contributed by atoms with Crippen LogP contribution in [0.1, 0.15) is 58.8 Å². The van der Waals surface area contributed by atoms with Gasteiger partial charge in [-0.2, -0.15) is 0 Å². The largest absolute Gasteiger partial charge is 0.394 e. The van der Waals surface area contributed by atoms with Gasteiger partial charge < -0.3 is 15.0 Å². The summed E-state index contributed by atoms with van der Waals surface area (Å²) in [6, 6.07) is 0.320. The Labute approximate surface area is 110 Å². The van der Waals surface area contributed by atoms with Crippen LogP contribution < -0.4 is 5.32 Å². The van der Waals surface area contributed by atoms with Crippen molar-refractivity contribution >= 4 is 0 Å². The van der Waals surface area contributed by atoms with E-state index in [4.69, 9.17) is 0 Å². The Kier molecular flexibility index (Phi) is 5.35.